The van der Waals surface area contributed by atoms with Gasteiger partial charge in [-0.05, 0) is 6.42 Å². The molecular formula is C9H14N4OS. The summed E-state index contributed by atoms with van der Waals surface area (Å²) >= 11 is 1.67. The molecule has 0 saturated heterocycles. The van der Waals surface area contributed by atoms with Crippen molar-refractivity contribution in [2.75, 3.05) is 11.1 Å². The predicted molar refractivity (Wildman–Crippen MR) is 58.9 cm³/mol. The van der Waals surface area contributed by atoms with E-state index in [0.29, 0.717) is 12.4 Å². The fourth-order valence-corrected chi connectivity index (χ4v) is 2.33. The number of anilines is 1. The zero-order valence-corrected chi connectivity index (χ0v) is 9.51. The molecule has 1 N–H and O–H groups in total. The molecule has 1 amide bonds. The van der Waals surface area contributed by atoms with Crippen LogP contribution in [0.1, 0.15) is 26.2 Å². The van der Waals surface area contributed by atoms with E-state index < -0.39 is 0 Å². The second-order valence-corrected chi connectivity index (χ2v) is 4.52. The first-order chi connectivity index (χ1) is 7.31. The average Bonchev–Trinajstić information content (AvgIpc) is 2.80. The van der Waals surface area contributed by atoms with Gasteiger partial charge in [0.25, 0.3) is 0 Å². The molecule has 0 saturated carbocycles. The topological polar surface area (TPSA) is 59.8 Å². The van der Waals surface area contributed by atoms with E-state index in [1.165, 1.54) is 0 Å². The summed E-state index contributed by atoms with van der Waals surface area (Å²) < 4.78 is 1.95. The van der Waals surface area contributed by atoms with Crippen LogP contribution in [0.5, 0.6) is 0 Å². The van der Waals surface area contributed by atoms with Gasteiger partial charge in [0.05, 0.1) is 0 Å². The standard InChI is InChI=1S/C9H14N4OS/c1-2-3-4-7(14)10-8-11-12-9-13(8)5-6-15-9/h2-6H2,1H3,(H,10,11,14). The molecule has 0 atom stereocenters. The Morgan fingerprint density at radius 3 is 3.27 bits per heavy atom. The molecule has 0 fully saturated rings. The summed E-state index contributed by atoms with van der Waals surface area (Å²) in [6.45, 7) is 2.95. The van der Waals surface area contributed by atoms with Gasteiger partial charge in [-0.3, -0.25) is 14.7 Å². The summed E-state index contributed by atoms with van der Waals surface area (Å²) in [6.07, 6.45) is 2.51. The lowest BCUT2D eigenvalue weighted by Crippen LogP contribution is -2.15. The highest BCUT2D eigenvalue weighted by atomic mass is 32.2. The van der Waals surface area contributed by atoms with E-state index >= 15 is 0 Å². The Morgan fingerprint density at radius 2 is 2.47 bits per heavy atom. The van der Waals surface area contributed by atoms with Crippen molar-refractivity contribution < 1.29 is 4.79 Å². The fourth-order valence-electron chi connectivity index (χ4n) is 1.44. The van der Waals surface area contributed by atoms with Gasteiger partial charge in [0.1, 0.15) is 0 Å². The lowest BCUT2D eigenvalue weighted by Gasteiger charge is -2.03. The first kappa shape index (κ1) is 10.5. The zero-order chi connectivity index (χ0) is 10.7. The Bertz CT molecular complexity index is 363. The first-order valence-corrected chi connectivity index (χ1v) is 6.15. The maximum atomic E-state index is 11.5. The van der Waals surface area contributed by atoms with Crippen LogP contribution in [0.15, 0.2) is 5.16 Å². The van der Waals surface area contributed by atoms with E-state index in [9.17, 15) is 4.79 Å². The number of rotatable bonds is 4. The highest BCUT2D eigenvalue weighted by Gasteiger charge is 2.18. The number of aromatic nitrogens is 3. The number of nitrogens with zero attached hydrogens (tertiary/aromatic N) is 3. The van der Waals surface area contributed by atoms with Crippen molar-refractivity contribution in [3.63, 3.8) is 0 Å². The van der Waals surface area contributed by atoms with Crippen molar-refractivity contribution in [2.24, 2.45) is 0 Å². The van der Waals surface area contributed by atoms with Gasteiger partial charge in [-0.25, -0.2) is 0 Å². The zero-order valence-electron chi connectivity index (χ0n) is 8.69. The van der Waals surface area contributed by atoms with Crippen molar-refractivity contribution in [2.45, 2.75) is 37.9 Å². The van der Waals surface area contributed by atoms with E-state index in [1.807, 2.05) is 4.57 Å². The summed E-state index contributed by atoms with van der Waals surface area (Å²) in [5.41, 5.74) is 0. The molecule has 1 aromatic rings. The molecule has 0 spiro atoms. The molecule has 1 aromatic heterocycles. The number of amides is 1. The molecule has 0 unspecified atom stereocenters. The van der Waals surface area contributed by atoms with Crippen LogP contribution in [0.25, 0.3) is 0 Å². The lowest BCUT2D eigenvalue weighted by atomic mass is 10.2. The van der Waals surface area contributed by atoms with E-state index in [4.69, 9.17) is 0 Å². The summed E-state index contributed by atoms with van der Waals surface area (Å²) in [7, 11) is 0. The molecule has 1 aliphatic heterocycles. The SMILES string of the molecule is CCCCC(=O)Nc1nnc2n1CCS2. The van der Waals surface area contributed by atoms with Gasteiger partial charge in [0.2, 0.25) is 11.9 Å². The minimum absolute atomic E-state index is 0.0314. The van der Waals surface area contributed by atoms with Crippen molar-refractivity contribution in [1.82, 2.24) is 14.8 Å². The number of hydrogen-bond acceptors (Lipinski definition) is 4. The highest BCUT2D eigenvalue weighted by Crippen LogP contribution is 2.26. The van der Waals surface area contributed by atoms with Crippen LogP contribution in [0.4, 0.5) is 5.95 Å². The predicted octanol–water partition coefficient (Wildman–Crippen LogP) is 1.51. The number of carbonyl (C=O) groups is 1. The van der Waals surface area contributed by atoms with E-state index in [0.717, 1.165) is 30.3 Å². The van der Waals surface area contributed by atoms with Crippen LogP contribution in [0, 0.1) is 0 Å². The molecule has 0 radical (unpaired) electrons. The van der Waals surface area contributed by atoms with Crippen molar-refractivity contribution in [3.8, 4) is 0 Å². The second kappa shape index (κ2) is 4.65. The van der Waals surface area contributed by atoms with Gasteiger partial charge in [-0.2, -0.15) is 0 Å². The number of nitrogens with one attached hydrogen (secondary N) is 1. The number of unbranched alkanes of at least 4 members (excludes halogenated alkanes) is 1. The molecule has 0 aliphatic carbocycles. The van der Waals surface area contributed by atoms with Gasteiger partial charge in [0.15, 0.2) is 5.16 Å². The minimum Gasteiger partial charge on any atom is -0.295 e. The number of fused-ring (bicyclic) bond motifs is 1. The number of carbonyl (C=O) groups excluding carboxylic acids is 1. The Morgan fingerprint density at radius 1 is 1.60 bits per heavy atom. The first-order valence-electron chi connectivity index (χ1n) is 5.17. The fraction of sp³-hybridized carbons (Fsp3) is 0.667. The number of hydrogen-bond donors (Lipinski definition) is 1. The molecule has 0 bridgehead atoms. The molecule has 2 rings (SSSR count). The van der Waals surface area contributed by atoms with Crippen LogP contribution in [-0.4, -0.2) is 26.4 Å². The van der Waals surface area contributed by atoms with Crippen LogP contribution in [0.3, 0.4) is 0 Å². The Kier molecular flexibility index (Phi) is 3.25. The maximum Gasteiger partial charge on any atom is 0.231 e. The van der Waals surface area contributed by atoms with Gasteiger partial charge >= 0.3 is 0 Å². The quantitative estimate of drug-likeness (QED) is 0.845. The van der Waals surface area contributed by atoms with Crippen molar-refractivity contribution >= 4 is 23.6 Å². The lowest BCUT2D eigenvalue weighted by molar-refractivity contribution is -0.116. The van der Waals surface area contributed by atoms with Crippen LogP contribution in [0.2, 0.25) is 0 Å². The minimum atomic E-state index is 0.0314. The van der Waals surface area contributed by atoms with Crippen LogP contribution < -0.4 is 5.32 Å². The van der Waals surface area contributed by atoms with Gasteiger partial charge in [-0.15, -0.1) is 10.2 Å². The third-order valence-electron chi connectivity index (χ3n) is 2.27. The second-order valence-electron chi connectivity index (χ2n) is 3.46. The Hall–Kier alpha value is -1.04. The molecular weight excluding hydrogens is 212 g/mol. The molecule has 1 aliphatic rings. The maximum absolute atomic E-state index is 11.5. The third kappa shape index (κ3) is 2.31. The molecule has 82 valence electrons. The van der Waals surface area contributed by atoms with Crippen molar-refractivity contribution in [3.05, 3.63) is 0 Å². The van der Waals surface area contributed by atoms with E-state index in [1.54, 1.807) is 11.8 Å². The monoisotopic (exact) mass is 226 g/mol. The third-order valence-corrected chi connectivity index (χ3v) is 3.22. The summed E-state index contributed by atoms with van der Waals surface area (Å²) in [5, 5.41) is 11.6. The van der Waals surface area contributed by atoms with E-state index in [2.05, 4.69) is 22.4 Å². The van der Waals surface area contributed by atoms with Crippen LogP contribution in [-0.2, 0) is 11.3 Å². The van der Waals surface area contributed by atoms with Crippen molar-refractivity contribution in [1.29, 1.82) is 0 Å². The molecule has 0 aromatic carbocycles. The van der Waals surface area contributed by atoms with Gasteiger partial charge in [-0.1, -0.05) is 25.1 Å². The normalized spacial score (nSPS) is 13.9. The molecule has 15 heavy (non-hydrogen) atoms. The summed E-state index contributed by atoms with van der Waals surface area (Å²) in [6, 6.07) is 0. The summed E-state index contributed by atoms with van der Waals surface area (Å²) in [5.74, 6) is 1.64. The van der Waals surface area contributed by atoms with E-state index in [-0.39, 0.29) is 5.91 Å². The Labute approximate surface area is 92.6 Å². The average molecular weight is 226 g/mol. The number of thioether (sulfide) groups is 1. The summed E-state index contributed by atoms with van der Waals surface area (Å²) in [4.78, 5) is 11.5. The van der Waals surface area contributed by atoms with Gasteiger partial charge in [0, 0.05) is 18.7 Å². The van der Waals surface area contributed by atoms with Gasteiger partial charge < -0.3 is 0 Å². The Balaban J connectivity index is 1.96. The largest absolute Gasteiger partial charge is 0.295 e. The molecule has 6 heteroatoms. The smallest absolute Gasteiger partial charge is 0.231 e. The molecule has 5 nitrogen and oxygen atoms in total. The molecule has 2 heterocycles. The highest BCUT2D eigenvalue weighted by molar-refractivity contribution is 7.99. The van der Waals surface area contributed by atoms with Crippen LogP contribution >= 0.6 is 11.8 Å².